The van der Waals surface area contributed by atoms with E-state index in [0.29, 0.717) is 10.0 Å². The highest BCUT2D eigenvalue weighted by molar-refractivity contribution is 9.10. The highest BCUT2D eigenvalue weighted by Gasteiger charge is 2.32. The topological polar surface area (TPSA) is 26.0 Å². The molecule has 0 spiro atoms. The van der Waals surface area contributed by atoms with Gasteiger partial charge in [-0.25, -0.2) is 8.78 Å². The molecule has 2 N–H and O–H groups in total. The van der Waals surface area contributed by atoms with Gasteiger partial charge in [0.1, 0.15) is 0 Å². The van der Waals surface area contributed by atoms with E-state index in [1.807, 2.05) is 0 Å². The van der Waals surface area contributed by atoms with Crippen molar-refractivity contribution >= 4 is 15.9 Å². The molecule has 4 heteroatoms. The second-order valence-corrected chi connectivity index (χ2v) is 3.81. The van der Waals surface area contributed by atoms with Crippen LogP contribution in [0.2, 0.25) is 0 Å². The third-order valence-electron chi connectivity index (χ3n) is 1.79. The standard InChI is InChI=1S/C9H10BrF2N/c1-9(11,12)8(13)6-4-2-3-5-7(6)10/h2-5,8H,13H2,1H3. The lowest BCUT2D eigenvalue weighted by molar-refractivity contribution is -0.00640. The monoisotopic (exact) mass is 249 g/mol. The summed E-state index contributed by atoms with van der Waals surface area (Å²) in [4.78, 5) is 0. The van der Waals surface area contributed by atoms with Crippen LogP contribution in [0.4, 0.5) is 8.78 Å². The molecule has 0 fully saturated rings. The molecule has 1 aromatic carbocycles. The van der Waals surface area contributed by atoms with Gasteiger partial charge in [0.25, 0.3) is 5.92 Å². The van der Waals surface area contributed by atoms with E-state index >= 15 is 0 Å². The predicted molar refractivity (Wildman–Crippen MR) is 51.7 cm³/mol. The Morgan fingerprint density at radius 2 is 1.92 bits per heavy atom. The number of hydrogen-bond acceptors (Lipinski definition) is 1. The van der Waals surface area contributed by atoms with Gasteiger partial charge >= 0.3 is 0 Å². The zero-order valence-electron chi connectivity index (χ0n) is 7.10. The average molecular weight is 250 g/mol. The van der Waals surface area contributed by atoms with Crippen molar-refractivity contribution in [2.75, 3.05) is 0 Å². The van der Waals surface area contributed by atoms with Crippen molar-refractivity contribution in [3.05, 3.63) is 34.3 Å². The predicted octanol–water partition coefficient (Wildman–Crippen LogP) is 3.10. The molecule has 72 valence electrons. The van der Waals surface area contributed by atoms with Gasteiger partial charge in [-0.2, -0.15) is 0 Å². The summed E-state index contributed by atoms with van der Waals surface area (Å²) < 4.78 is 26.3. The Morgan fingerprint density at radius 1 is 1.38 bits per heavy atom. The molecule has 1 rings (SSSR count). The van der Waals surface area contributed by atoms with Gasteiger partial charge < -0.3 is 5.73 Å². The van der Waals surface area contributed by atoms with Gasteiger partial charge in [-0.3, -0.25) is 0 Å². The second-order valence-electron chi connectivity index (χ2n) is 2.96. The van der Waals surface area contributed by atoms with Crippen LogP contribution in [0.25, 0.3) is 0 Å². The van der Waals surface area contributed by atoms with Crippen LogP contribution < -0.4 is 5.73 Å². The summed E-state index contributed by atoms with van der Waals surface area (Å²) in [7, 11) is 0. The van der Waals surface area contributed by atoms with Crippen LogP contribution in [0, 0.1) is 0 Å². The third kappa shape index (κ3) is 2.48. The van der Waals surface area contributed by atoms with Gasteiger partial charge in [-0.1, -0.05) is 34.1 Å². The average Bonchev–Trinajstić information content (AvgIpc) is 2.02. The van der Waals surface area contributed by atoms with Gasteiger partial charge in [-0.05, 0) is 11.6 Å². The summed E-state index contributed by atoms with van der Waals surface area (Å²) in [6.07, 6.45) is 0. The first-order valence-electron chi connectivity index (χ1n) is 3.80. The highest BCUT2D eigenvalue weighted by atomic mass is 79.9. The van der Waals surface area contributed by atoms with Crippen molar-refractivity contribution in [2.45, 2.75) is 18.9 Å². The van der Waals surface area contributed by atoms with Crippen LogP contribution in [0.15, 0.2) is 28.7 Å². The van der Waals surface area contributed by atoms with Crippen LogP contribution in [0.5, 0.6) is 0 Å². The summed E-state index contributed by atoms with van der Waals surface area (Å²) in [6, 6.07) is 5.47. The molecule has 0 saturated carbocycles. The second kappa shape index (κ2) is 3.72. The van der Waals surface area contributed by atoms with Gasteiger partial charge in [0.15, 0.2) is 0 Å². The Balaban J connectivity index is 3.02. The Morgan fingerprint density at radius 3 is 2.38 bits per heavy atom. The summed E-state index contributed by atoms with van der Waals surface area (Å²) in [5.74, 6) is -2.90. The molecule has 1 atom stereocenters. The van der Waals surface area contributed by atoms with Crippen molar-refractivity contribution in [3.8, 4) is 0 Å². The molecule has 0 saturated heterocycles. The Hall–Kier alpha value is -0.480. The van der Waals surface area contributed by atoms with Crippen molar-refractivity contribution in [1.82, 2.24) is 0 Å². The van der Waals surface area contributed by atoms with E-state index in [0.717, 1.165) is 6.92 Å². The molecule has 13 heavy (non-hydrogen) atoms. The van der Waals surface area contributed by atoms with Crippen LogP contribution in [0.1, 0.15) is 18.5 Å². The normalized spacial score (nSPS) is 14.2. The minimum absolute atomic E-state index is 0.426. The van der Waals surface area contributed by atoms with Crippen LogP contribution in [0.3, 0.4) is 0 Å². The molecular weight excluding hydrogens is 240 g/mol. The van der Waals surface area contributed by atoms with Crippen molar-refractivity contribution in [3.63, 3.8) is 0 Å². The first kappa shape index (κ1) is 10.6. The van der Waals surface area contributed by atoms with Gasteiger partial charge in [0, 0.05) is 11.4 Å². The zero-order valence-corrected chi connectivity index (χ0v) is 8.68. The number of rotatable bonds is 2. The smallest absolute Gasteiger partial charge is 0.264 e. The van der Waals surface area contributed by atoms with Crippen LogP contribution in [-0.2, 0) is 0 Å². The van der Waals surface area contributed by atoms with E-state index in [4.69, 9.17) is 5.73 Å². The minimum Gasteiger partial charge on any atom is -0.319 e. The van der Waals surface area contributed by atoms with E-state index in [-0.39, 0.29) is 0 Å². The zero-order chi connectivity index (χ0) is 10.1. The first-order chi connectivity index (χ1) is 5.93. The van der Waals surface area contributed by atoms with E-state index in [9.17, 15) is 8.78 Å². The molecule has 0 aliphatic heterocycles. The minimum atomic E-state index is -2.90. The molecule has 1 aromatic rings. The summed E-state index contributed by atoms with van der Waals surface area (Å²) in [5.41, 5.74) is 5.82. The molecular formula is C9H10BrF2N. The molecule has 1 unspecified atom stereocenters. The molecule has 0 heterocycles. The highest BCUT2D eigenvalue weighted by Crippen LogP contribution is 2.32. The molecule has 1 nitrogen and oxygen atoms in total. The van der Waals surface area contributed by atoms with E-state index in [1.54, 1.807) is 24.3 Å². The van der Waals surface area contributed by atoms with E-state index in [1.165, 1.54) is 0 Å². The maximum atomic E-state index is 12.8. The van der Waals surface area contributed by atoms with Gasteiger partial charge in [0.05, 0.1) is 6.04 Å². The van der Waals surface area contributed by atoms with Crippen LogP contribution in [-0.4, -0.2) is 5.92 Å². The van der Waals surface area contributed by atoms with Crippen molar-refractivity contribution in [2.24, 2.45) is 5.73 Å². The fourth-order valence-electron chi connectivity index (χ4n) is 1.00. The molecule has 0 aliphatic rings. The SMILES string of the molecule is CC(F)(F)C(N)c1ccccc1Br. The van der Waals surface area contributed by atoms with Crippen LogP contribution >= 0.6 is 15.9 Å². The van der Waals surface area contributed by atoms with Gasteiger partial charge in [0.2, 0.25) is 0 Å². The number of alkyl halides is 2. The summed E-state index contributed by atoms with van der Waals surface area (Å²) in [5, 5.41) is 0. The lowest BCUT2D eigenvalue weighted by Crippen LogP contribution is -2.29. The fourth-order valence-corrected chi connectivity index (χ4v) is 1.53. The number of halogens is 3. The maximum absolute atomic E-state index is 12.8. The lowest BCUT2D eigenvalue weighted by Gasteiger charge is -2.20. The van der Waals surface area contributed by atoms with E-state index in [2.05, 4.69) is 15.9 Å². The molecule has 0 radical (unpaired) electrons. The molecule has 0 aromatic heterocycles. The molecule has 0 amide bonds. The largest absolute Gasteiger partial charge is 0.319 e. The lowest BCUT2D eigenvalue weighted by atomic mass is 10.0. The summed E-state index contributed by atoms with van der Waals surface area (Å²) >= 11 is 3.18. The maximum Gasteiger partial charge on any atom is 0.264 e. The van der Waals surface area contributed by atoms with Gasteiger partial charge in [-0.15, -0.1) is 0 Å². The third-order valence-corrected chi connectivity index (χ3v) is 2.51. The number of hydrogen-bond donors (Lipinski definition) is 1. The Labute approximate surface area is 84.1 Å². The van der Waals surface area contributed by atoms with Crippen molar-refractivity contribution < 1.29 is 8.78 Å². The fraction of sp³-hybridized carbons (Fsp3) is 0.333. The molecule has 0 aliphatic carbocycles. The quantitative estimate of drug-likeness (QED) is 0.857. The van der Waals surface area contributed by atoms with E-state index < -0.39 is 12.0 Å². The number of nitrogens with two attached hydrogens (primary N) is 1. The Bertz CT molecular complexity index is 296. The summed E-state index contributed by atoms with van der Waals surface area (Å²) in [6.45, 7) is 0.817. The molecule has 0 bridgehead atoms. The number of benzene rings is 1. The first-order valence-corrected chi connectivity index (χ1v) is 4.60. The Kier molecular flexibility index (Phi) is 3.03. The van der Waals surface area contributed by atoms with Crippen molar-refractivity contribution in [1.29, 1.82) is 0 Å².